The van der Waals surface area contributed by atoms with Gasteiger partial charge in [-0.15, -0.1) is 10.2 Å². The van der Waals surface area contributed by atoms with Crippen LogP contribution in [0.25, 0.3) is 16.8 Å². The van der Waals surface area contributed by atoms with Crippen molar-refractivity contribution in [3.63, 3.8) is 0 Å². The fourth-order valence-electron chi connectivity index (χ4n) is 4.82. The first-order valence-electron chi connectivity index (χ1n) is 12.1. The van der Waals surface area contributed by atoms with E-state index in [2.05, 4.69) is 25.6 Å². The van der Waals surface area contributed by atoms with Crippen molar-refractivity contribution in [3.8, 4) is 16.9 Å². The Balaban J connectivity index is 1.39. The number of rotatable bonds is 6. The number of carbonyl (C=O) groups excluding carboxylic acids is 1. The molecule has 4 aromatic heterocycles. The van der Waals surface area contributed by atoms with Crippen LogP contribution in [0.15, 0.2) is 60.9 Å². The number of ether oxygens (including phenoxy) is 1. The number of aryl methyl sites for hydroxylation is 1. The lowest BCUT2D eigenvalue weighted by Crippen LogP contribution is -2.27. The lowest BCUT2D eigenvalue weighted by Gasteiger charge is -2.18. The average molecular weight is 513 g/mol. The van der Waals surface area contributed by atoms with Crippen molar-refractivity contribution < 1.29 is 13.9 Å². The highest BCUT2D eigenvalue weighted by atomic mass is 19.1. The summed E-state index contributed by atoms with van der Waals surface area (Å²) in [5.74, 6) is 2.39. The maximum absolute atomic E-state index is 14.8. The van der Waals surface area contributed by atoms with Crippen LogP contribution < -0.4 is 15.0 Å². The Bertz CT molecular complexity index is 1680. The smallest absolute Gasteiger partial charge is 0.228 e. The van der Waals surface area contributed by atoms with Gasteiger partial charge in [0.05, 0.1) is 13.3 Å². The molecule has 1 amide bonds. The molecule has 11 heteroatoms. The fourth-order valence-corrected chi connectivity index (χ4v) is 4.82. The first-order valence-corrected chi connectivity index (χ1v) is 12.1. The van der Waals surface area contributed by atoms with Crippen LogP contribution >= 0.6 is 0 Å². The lowest BCUT2D eigenvalue weighted by atomic mass is 9.94. The highest BCUT2D eigenvalue weighted by Crippen LogP contribution is 2.35. The second-order valence-corrected chi connectivity index (χ2v) is 9.26. The molecular formula is C27H25FN8O2. The summed E-state index contributed by atoms with van der Waals surface area (Å²) in [4.78, 5) is 19.3. The van der Waals surface area contributed by atoms with E-state index in [1.54, 1.807) is 41.2 Å². The number of anilines is 3. The molecule has 0 saturated heterocycles. The molecule has 38 heavy (non-hydrogen) atoms. The zero-order chi connectivity index (χ0) is 26.4. The van der Waals surface area contributed by atoms with Crippen LogP contribution in [0.2, 0.25) is 0 Å². The van der Waals surface area contributed by atoms with Gasteiger partial charge in [-0.05, 0) is 53.4 Å². The van der Waals surface area contributed by atoms with Crippen molar-refractivity contribution >= 4 is 29.0 Å². The molecule has 0 fully saturated rings. The molecule has 1 atom stereocenters. The SMILES string of the molecule is COc1ccc(C[C@@H]2CC(=O)N(C)c3cc(-c4ccnc(Nc5ccnn5C)c4)cc4nnc2n34)c(F)c1. The average Bonchev–Trinajstić information content (AvgIpc) is 3.51. The summed E-state index contributed by atoms with van der Waals surface area (Å²) in [5, 5.41) is 16.3. The van der Waals surface area contributed by atoms with Gasteiger partial charge in [-0.3, -0.25) is 13.9 Å². The summed E-state index contributed by atoms with van der Waals surface area (Å²) in [6, 6.07) is 14.3. The number of benzene rings is 1. The number of hydrogen-bond donors (Lipinski definition) is 1. The van der Waals surface area contributed by atoms with Crippen molar-refractivity contribution in [1.29, 1.82) is 0 Å². The van der Waals surface area contributed by atoms with Crippen LogP contribution in [-0.2, 0) is 18.3 Å². The summed E-state index contributed by atoms with van der Waals surface area (Å²) in [5.41, 5.74) is 2.86. The molecular weight excluding hydrogens is 487 g/mol. The van der Waals surface area contributed by atoms with Gasteiger partial charge in [-0.1, -0.05) is 6.07 Å². The minimum Gasteiger partial charge on any atom is -0.497 e. The van der Waals surface area contributed by atoms with Crippen molar-refractivity contribution in [2.45, 2.75) is 18.8 Å². The number of amides is 1. The minimum absolute atomic E-state index is 0.0823. The second-order valence-electron chi connectivity index (χ2n) is 9.26. The van der Waals surface area contributed by atoms with E-state index >= 15 is 0 Å². The van der Waals surface area contributed by atoms with Gasteiger partial charge in [0.1, 0.15) is 34.8 Å². The predicted molar refractivity (Wildman–Crippen MR) is 140 cm³/mol. The summed E-state index contributed by atoms with van der Waals surface area (Å²) < 4.78 is 23.5. The zero-order valence-corrected chi connectivity index (χ0v) is 21.1. The van der Waals surface area contributed by atoms with Crippen LogP contribution in [0.1, 0.15) is 23.7 Å². The molecule has 5 heterocycles. The van der Waals surface area contributed by atoms with Crippen molar-refractivity contribution in [2.75, 3.05) is 24.4 Å². The van der Waals surface area contributed by atoms with Crippen LogP contribution in [-0.4, -0.2) is 49.4 Å². The standard InChI is InChI=1S/C27H25FN8O2/c1-34-25-13-18(16-6-8-29-22(11-16)31-23-7-9-30-35(23)2)12-24-32-33-27(36(24)25)19(14-26(34)37)10-17-4-5-20(38-3)15-21(17)28/h4-9,11-13,15,19H,10,14H2,1-3H3,(H,29,31)/t19-/m1/s1. The highest BCUT2D eigenvalue weighted by Gasteiger charge is 2.31. The van der Waals surface area contributed by atoms with Gasteiger partial charge in [0.25, 0.3) is 0 Å². The van der Waals surface area contributed by atoms with Gasteiger partial charge >= 0.3 is 0 Å². The molecule has 1 aliphatic rings. The van der Waals surface area contributed by atoms with Crippen molar-refractivity contribution in [3.05, 3.63) is 78.1 Å². The van der Waals surface area contributed by atoms with Gasteiger partial charge < -0.3 is 15.0 Å². The van der Waals surface area contributed by atoms with E-state index in [9.17, 15) is 9.18 Å². The van der Waals surface area contributed by atoms with Gasteiger partial charge in [-0.2, -0.15) is 5.10 Å². The van der Waals surface area contributed by atoms with Crippen molar-refractivity contribution in [2.24, 2.45) is 7.05 Å². The van der Waals surface area contributed by atoms with E-state index in [0.29, 0.717) is 40.8 Å². The van der Waals surface area contributed by atoms with Gasteiger partial charge in [0, 0.05) is 44.8 Å². The Morgan fingerprint density at radius 3 is 2.68 bits per heavy atom. The van der Waals surface area contributed by atoms with Gasteiger partial charge in [0.15, 0.2) is 5.65 Å². The molecule has 1 N–H and O–H groups in total. The fraction of sp³-hybridized carbons (Fsp3) is 0.222. The number of pyridine rings is 2. The van der Waals surface area contributed by atoms with E-state index < -0.39 is 0 Å². The molecule has 1 aromatic carbocycles. The molecule has 6 rings (SSSR count). The molecule has 1 aliphatic heterocycles. The van der Waals surface area contributed by atoms with E-state index in [1.807, 2.05) is 41.8 Å². The van der Waals surface area contributed by atoms with E-state index in [4.69, 9.17) is 4.74 Å². The Labute approximate surface area is 217 Å². The largest absolute Gasteiger partial charge is 0.497 e. The Morgan fingerprint density at radius 2 is 1.92 bits per heavy atom. The van der Waals surface area contributed by atoms with Crippen LogP contribution in [0.3, 0.4) is 0 Å². The van der Waals surface area contributed by atoms with E-state index in [0.717, 1.165) is 16.9 Å². The predicted octanol–water partition coefficient (Wildman–Crippen LogP) is 4.11. The molecule has 0 aliphatic carbocycles. The summed E-state index contributed by atoms with van der Waals surface area (Å²) in [6.45, 7) is 0. The Hall–Kier alpha value is -4.80. The monoisotopic (exact) mass is 512 g/mol. The lowest BCUT2D eigenvalue weighted by molar-refractivity contribution is -0.118. The summed E-state index contributed by atoms with van der Waals surface area (Å²) in [6.07, 6.45) is 3.92. The number of hydrogen-bond acceptors (Lipinski definition) is 7. The number of methoxy groups -OCH3 is 1. The quantitative estimate of drug-likeness (QED) is 0.365. The first kappa shape index (κ1) is 23.6. The highest BCUT2D eigenvalue weighted by molar-refractivity contribution is 5.94. The number of nitrogens with one attached hydrogen (secondary N) is 1. The molecule has 0 saturated carbocycles. The van der Waals surface area contributed by atoms with E-state index in [1.165, 1.54) is 13.2 Å². The minimum atomic E-state index is -0.376. The molecule has 0 bridgehead atoms. The number of halogens is 1. The topological polar surface area (TPSA) is 102 Å². The van der Waals surface area contributed by atoms with E-state index in [-0.39, 0.29) is 24.1 Å². The number of nitrogens with zero attached hydrogens (tertiary/aromatic N) is 7. The van der Waals surface area contributed by atoms with Crippen LogP contribution in [0.5, 0.6) is 5.75 Å². The number of carbonyl (C=O) groups is 1. The molecule has 10 nitrogen and oxygen atoms in total. The molecule has 0 spiro atoms. The first-order chi connectivity index (χ1) is 18.4. The second kappa shape index (κ2) is 9.25. The van der Waals surface area contributed by atoms with Gasteiger partial charge in [-0.25, -0.2) is 9.37 Å². The van der Waals surface area contributed by atoms with Crippen LogP contribution in [0, 0.1) is 5.82 Å². The molecule has 0 radical (unpaired) electrons. The third-order valence-electron chi connectivity index (χ3n) is 6.91. The number of aromatic nitrogens is 6. The van der Waals surface area contributed by atoms with Crippen molar-refractivity contribution in [1.82, 2.24) is 29.4 Å². The Morgan fingerprint density at radius 1 is 1.05 bits per heavy atom. The zero-order valence-electron chi connectivity index (χ0n) is 21.1. The molecule has 0 unspecified atom stereocenters. The maximum atomic E-state index is 14.8. The third-order valence-corrected chi connectivity index (χ3v) is 6.91. The molecule has 192 valence electrons. The normalized spacial score (nSPS) is 15.1. The molecule has 5 aromatic rings. The summed E-state index contributed by atoms with van der Waals surface area (Å²) >= 11 is 0. The van der Waals surface area contributed by atoms with Crippen LogP contribution in [0.4, 0.5) is 21.8 Å². The Kier molecular flexibility index (Phi) is 5.74. The van der Waals surface area contributed by atoms with Gasteiger partial charge in [0.2, 0.25) is 5.91 Å². The summed E-state index contributed by atoms with van der Waals surface area (Å²) in [7, 11) is 5.08. The maximum Gasteiger partial charge on any atom is 0.228 e. The third kappa shape index (κ3) is 4.11.